The van der Waals surface area contributed by atoms with Crippen LogP contribution in [0.15, 0.2) is 11.8 Å². The predicted molar refractivity (Wildman–Crippen MR) is 80.0 cm³/mol. The van der Waals surface area contributed by atoms with Crippen molar-refractivity contribution < 1.29 is 9.59 Å². The van der Waals surface area contributed by atoms with E-state index in [-0.39, 0.29) is 30.7 Å². The van der Waals surface area contributed by atoms with Crippen LogP contribution in [0.4, 0.5) is 5.13 Å². The average Bonchev–Trinajstić information content (AvgIpc) is 3.15. The lowest BCUT2D eigenvalue weighted by Gasteiger charge is -2.13. The SMILES string of the molecule is CCn1ncnc1C(C)NC(=O)CCC(=O)Nc1nncs1. The van der Waals surface area contributed by atoms with E-state index in [1.54, 1.807) is 4.68 Å². The molecule has 118 valence electrons. The Morgan fingerprint density at radius 2 is 2.14 bits per heavy atom. The van der Waals surface area contributed by atoms with Crippen molar-refractivity contribution in [2.75, 3.05) is 5.32 Å². The van der Waals surface area contributed by atoms with Crippen LogP contribution < -0.4 is 10.6 Å². The summed E-state index contributed by atoms with van der Waals surface area (Å²) in [6.45, 7) is 4.46. The highest BCUT2D eigenvalue weighted by molar-refractivity contribution is 7.13. The smallest absolute Gasteiger partial charge is 0.226 e. The summed E-state index contributed by atoms with van der Waals surface area (Å²) in [4.78, 5) is 27.7. The number of anilines is 1. The first kappa shape index (κ1) is 16.0. The normalized spacial score (nSPS) is 11.9. The largest absolute Gasteiger partial charge is 0.346 e. The zero-order valence-corrected chi connectivity index (χ0v) is 13.1. The molecule has 10 heteroatoms. The van der Waals surface area contributed by atoms with Crippen LogP contribution in [-0.2, 0) is 16.1 Å². The summed E-state index contributed by atoms with van der Waals surface area (Å²) in [5.74, 6) is 0.205. The fraction of sp³-hybridized carbons (Fsp3) is 0.500. The van der Waals surface area contributed by atoms with E-state index in [1.807, 2.05) is 13.8 Å². The molecule has 0 fully saturated rings. The number of nitrogens with one attached hydrogen (secondary N) is 2. The molecule has 0 aliphatic carbocycles. The summed E-state index contributed by atoms with van der Waals surface area (Å²) in [6.07, 6.45) is 1.63. The standard InChI is InChI=1S/C12H17N7O2S/c1-3-19-11(13-6-15-19)8(2)16-9(20)4-5-10(21)17-12-18-14-7-22-12/h6-8H,3-5H2,1-2H3,(H,16,20)(H,17,18,21). The highest BCUT2D eigenvalue weighted by Gasteiger charge is 2.16. The third kappa shape index (κ3) is 4.32. The van der Waals surface area contributed by atoms with E-state index in [4.69, 9.17) is 0 Å². The van der Waals surface area contributed by atoms with Crippen LogP contribution in [0.1, 0.15) is 38.6 Å². The number of amides is 2. The molecule has 0 aliphatic rings. The molecule has 0 saturated heterocycles. The van der Waals surface area contributed by atoms with Crippen molar-refractivity contribution in [3.05, 3.63) is 17.7 Å². The third-order valence-corrected chi connectivity index (χ3v) is 3.50. The monoisotopic (exact) mass is 323 g/mol. The predicted octanol–water partition coefficient (Wildman–Crippen LogP) is 0.746. The van der Waals surface area contributed by atoms with Crippen molar-refractivity contribution in [3.63, 3.8) is 0 Å². The maximum Gasteiger partial charge on any atom is 0.226 e. The topological polar surface area (TPSA) is 115 Å². The Labute approximate surface area is 131 Å². The first-order chi connectivity index (χ1) is 10.6. The number of nitrogens with zero attached hydrogens (tertiary/aromatic N) is 5. The summed E-state index contributed by atoms with van der Waals surface area (Å²) in [6, 6.07) is -0.263. The number of hydrogen-bond donors (Lipinski definition) is 2. The van der Waals surface area contributed by atoms with E-state index in [0.29, 0.717) is 17.5 Å². The first-order valence-corrected chi connectivity index (χ1v) is 7.71. The second-order valence-corrected chi connectivity index (χ2v) is 5.35. The number of hydrogen-bond acceptors (Lipinski definition) is 7. The number of carbonyl (C=O) groups is 2. The Morgan fingerprint density at radius 3 is 2.82 bits per heavy atom. The number of aryl methyl sites for hydroxylation is 1. The van der Waals surface area contributed by atoms with E-state index in [9.17, 15) is 9.59 Å². The summed E-state index contributed by atoms with van der Waals surface area (Å²) in [7, 11) is 0. The van der Waals surface area contributed by atoms with Crippen molar-refractivity contribution in [1.29, 1.82) is 0 Å². The van der Waals surface area contributed by atoms with Gasteiger partial charge in [-0.2, -0.15) is 5.10 Å². The van der Waals surface area contributed by atoms with Gasteiger partial charge in [-0.25, -0.2) is 9.67 Å². The maximum atomic E-state index is 11.9. The van der Waals surface area contributed by atoms with Gasteiger partial charge in [-0.1, -0.05) is 11.3 Å². The summed E-state index contributed by atoms with van der Waals surface area (Å²) >= 11 is 1.23. The molecule has 0 saturated carbocycles. The van der Waals surface area contributed by atoms with Crippen molar-refractivity contribution in [1.82, 2.24) is 30.3 Å². The quantitative estimate of drug-likeness (QED) is 0.777. The summed E-state index contributed by atoms with van der Waals surface area (Å²) in [5, 5.41) is 17.2. The Morgan fingerprint density at radius 1 is 1.36 bits per heavy atom. The van der Waals surface area contributed by atoms with E-state index in [0.717, 1.165) is 0 Å². The molecule has 0 bridgehead atoms. The molecule has 0 spiro atoms. The Kier molecular flexibility index (Phi) is 5.53. The van der Waals surface area contributed by atoms with Crippen molar-refractivity contribution in [2.45, 2.75) is 39.3 Å². The molecular weight excluding hydrogens is 306 g/mol. The molecule has 2 amide bonds. The Hall–Kier alpha value is -2.36. The van der Waals surface area contributed by atoms with Gasteiger partial charge in [-0.15, -0.1) is 10.2 Å². The molecule has 1 unspecified atom stereocenters. The van der Waals surface area contributed by atoms with Crippen LogP contribution in [0.5, 0.6) is 0 Å². The Bertz CT molecular complexity index is 625. The van der Waals surface area contributed by atoms with Crippen molar-refractivity contribution in [2.24, 2.45) is 0 Å². The second-order valence-electron chi connectivity index (χ2n) is 4.52. The molecule has 2 heterocycles. The minimum Gasteiger partial charge on any atom is -0.346 e. The van der Waals surface area contributed by atoms with Gasteiger partial charge in [-0.05, 0) is 13.8 Å². The highest BCUT2D eigenvalue weighted by Crippen LogP contribution is 2.10. The zero-order valence-electron chi connectivity index (χ0n) is 12.3. The maximum absolute atomic E-state index is 11.9. The average molecular weight is 323 g/mol. The van der Waals surface area contributed by atoms with Gasteiger partial charge in [0, 0.05) is 19.4 Å². The van der Waals surface area contributed by atoms with Gasteiger partial charge < -0.3 is 10.6 Å². The molecule has 0 radical (unpaired) electrons. The zero-order chi connectivity index (χ0) is 15.9. The fourth-order valence-electron chi connectivity index (χ4n) is 1.87. The summed E-state index contributed by atoms with van der Waals surface area (Å²) < 4.78 is 1.72. The lowest BCUT2D eigenvalue weighted by molar-refractivity contribution is -0.124. The van der Waals surface area contributed by atoms with Crippen LogP contribution in [0, 0.1) is 0 Å². The van der Waals surface area contributed by atoms with Crippen LogP contribution in [-0.4, -0.2) is 36.8 Å². The molecule has 0 aromatic carbocycles. The van der Waals surface area contributed by atoms with Crippen molar-refractivity contribution >= 4 is 28.3 Å². The van der Waals surface area contributed by atoms with E-state index >= 15 is 0 Å². The van der Waals surface area contributed by atoms with Gasteiger partial charge in [0.15, 0.2) is 0 Å². The van der Waals surface area contributed by atoms with Gasteiger partial charge >= 0.3 is 0 Å². The van der Waals surface area contributed by atoms with Gasteiger partial charge in [0.1, 0.15) is 17.7 Å². The molecule has 22 heavy (non-hydrogen) atoms. The molecule has 2 N–H and O–H groups in total. The Balaban J connectivity index is 1.76. The van der Waals surface area contributed by atoms with Gasteiger partial charge in [-0.3, -0.25) is 9.59 Å². The number of aromatic nitrogens is 5. The minimum atomic E-state index is -0.267. The van der Waals surface area contributed by atoms with Crippen molar-refractivity contribution in [3.8, 4) is 0 Å². The van der Waals surface area contributed by atoms with Crippen LogP contribution in [0.3, 0.4) is 0 Å². The first-order valence-electron chi connectivity index (χ1n) is 6.83. The van der Waals surface area contributed by atoms with E-state index in [1.165, 1.54) is 23.2 Å². The third-order valence-electron chi connectivity index (χ3n) is 2.90. The van der Waals surface area contributed by atoms with E-state index in [2.05, 4.69) is 30.9 Å². The van der Waals surface area contributed by atoms with E-state index < -0.39 is 0 Å². The highest BCUT2D eigenvalue weighted by atomic mass is 32.1. The van der Waals surface area contributed by atoms with Crippen LogP contribution in [0.2, 0.25) is 0 Å². The molecular formula is C12H17N7O2S. The van der Waals surface area contributed by atoms with Gasteiger partial charge in [0.2, 0.25) is 16.9 Å². The lowest BCUT2D eigenvalue weighted by Crippen LogP contribution is -2.29. The fourth-order valence-corrected chi connectivity index (χ4v) is 2.33. The molecule has 2 aromatic heterocycles. The molecule has 0 aliphatic heterocycles. The lowest BCUT2D eigenvalue weighted by atomic mass is 10.2. The molecule has 1 atom stereocenters. The number of carbonyl (C=O) groups excluding carboxylic acids is 2. The van der Waals surface area contributed by atoms with Crippen LogP contribution >= 0.6 is 11.3 Å². The second kappa shape index (κ2) is 7.59. The van der Waals surface area contributed by atoms with Gasteiger partial charge in [0.05, 0.1) is 6.04 Å². The van der Waals surface area contributed by atoms with Gasteiger partial charge in [0.25, 0.3) is 0 Å². The van der Waals surface area contributed by atoms with Crippen LogP contribution in [0.25, 0.3) is 0 Å². The number of rotatable bonds is 7. The minimum absolute atomic E-state index is 0.0819. The molecule has 2 rings (SSSR count). The summed E-state index contributed by atoms with van der Waals surface area (Å²) in [5.41, 5.74) is 1.52. The molecule has 9 nitrogen and oxygen atoms in total. The molecule has 2 aromatic rings.